The maximum Gasteiger partial charge on any atom is 0.243 e. The molecule has 0 aromatic heterocycles. The van der Waals surface area contributed by atoms with Gasteiger partial charge in [-0.2, -0.15) is 0 Å². The summed E-state index contributed by atoms with van der Waals surface area (Å²) in [4.78, 5) is 47.1. The lowest BCUT2D eigenvalue weighted by molar-refractivity contribution is -0.131. The van der Waals surface area contributed by atoms with E-state index in [1.807, 2.05) is 0 Å². The van der Waals surface area contributed by atoms with Crippen molar-refractivity contribution in [3.63, 3.8) is 0 Å². The smallest absolute Gasteiger partial charge is 0.243 e. The first-order valence-electron chi connectivity index (χ1n) is 8.79. The summed E-state index contributed by atoms with van der Waals surface area (Å²) in [6.45, 7) is 4.62. The summed E-state index contributed by atoms with van der Waals surface area (Å²) in [7, 11) is 0. The van der Waals surface area contributed by atoms with Gasteiger partial charge in [-0.3, -0.25) is 14.4 Å². The van der Waals surface area contributed by atoms with E-state index < -0.39 is 17.9 Å². The number of anilines is 1. The summed E-state index contributed by atoms with van der Waals surface area (Å²) in [5, 5.41) is 16.7. The number of carbonyl (C=O) groups excluding carboxylic acids is 4. The van der Waals surface area contributed by atoms with Crippen LogP contribution in [0.4, 0.5) is 5.69 Å². The summed E-state index contributed by atoms with van der Waals surface area (Å²) >= 11 is 0. The quantitative estimate of drug-likeness (QED) is 0.479. The minimum Gasteiger partial charge on any atom is -0.392 e. The highest BCUT2D eigenvalue weighted by molar-refractivity contribution is 5.96. The van der Waals surface area contributed by atoms with E-state index in [0.717, 1.165) is 5.56 Å². The fraction of sp³-hybridized carbons (Fsp3) is 0.474. The second kappa shape index (κ2) is 11.1. The first-order chi connectivity index (χ1) is 12.7. The van der Waals surface area contributed by atoms with E-state index in [1.54, 1.807) is 38.1 Å². The molecule has 0 aliphatic heterocycles. The Balaban J connectivity index is 2.51. The van der Waals surface area contributed by atoms with Gasteiger partial charge in [0, 0.05) is 18.5 Å². The maximum atomic E-state index is 12.3. The van der Waals surface area contributed by atoms with Gasteiger partial charge in [-0.05, 0) is 30.5 Å². The molecule has 8 nitrogen and oxygen atoms in total. The van der Waals surface area contributed by atoms with Crippen molar-refractivity contribution in [2.75, 3.05) is 11.9 Å². The molecule has 0 heterocycles. The minimum absolute atomic E-state index is 0.0240. The lowest BCUT2D eigenvalue weighted by Crippen LogP contribution is -2.51. The molecule has 1 aromatic rings. The van der Waals surface area contributed by atoms with Crippen molar-refractivity contribution in [1.29, 1.82) is 0 Å². The van der Waals surface area contributed by atoms with Gasteiger partial charge in [-0.15, -0.1) is 0 Å². The molecule has 1 unspecified atom stereocenters. The Labute approximate surface area is 158 Å². The van der Waals surface area contributed by atoms with Crippen molar-refractivity contribution in [3.8, 4) is 0 Å². The Kier molecular flexibility index (Phi) is 9.15. The first-order valence-corrected chi connectivity index (χ1v) is 8.79. The molecule has 1 rings (SSSR count). The second-order valence-corrected chi connectivity index (χ2v) is 6.61. The lowest BCUT2D eigenvalue weighted by Gasteiger charge is -2.21. The molecule has 0 fully saturated rings. The molecule has 0 saturated heterocycles. The van der Waals surface area contributed by atoms with Crippen molar-refractivity contribution in [3.05, 3.63) is 29.8 Å². The molecule has 148 valence electrons. The van der Waals surface area contributed by atoms with Crippen molar-refractivity contribution < 1.29 is 24.3 Å². The van der Waals surface area contributed by atoms with Gasteiger partial charge in [-0.1, -0.05) is 26.0 Å². The van der Waals surface area contributed by atoms with Crippen LogP contribution in [0.15, 0.2) is 24.3 Å². The van der Waals surface area contributed by atoms with Crippen molar-refractivity contribution in [2.45, 2.75) is 46.3 Å². The van der Waals surface area contributed by atoms with Crippen LogP contribution in [0.5, 0.6) is 0 Å². The molecule has 4 N–H and O–H groups in total. The van der Waals surface area contributed by atoms with Crippen molar-refractivity contribution in [2.24, 2.45) is 5.92 Å². The van der Waals surface area contributed by atoms with Crippen LogP contribution in [0.1, 0.15) is 39.2 Å². The number of ketones is 1. The normalized spacial score (nSPS) is 11.6. The second-order valence-electron chi connectivity index (χ2n) is 6.61. The van der Waals surface area contributed by atoms with Crippen molar-refractivity contribution >= 4 is 29.2 Å². The highest BCUT2D eigenvalue weighted by Crippen LogP contribution is 2.09. The first kappa shape index (κ1) is 22.3. The monoisotopic (exact) mass is 377 g/mol. The van der Waals surface area contributed by atoms with Crippen LogP contribution in [0.2, 0.25) is 0 Å². The third-order valence-electron chi connectivity index (χ3n) is 3.81. The molecule has 0 bridgehead atoms. The lowest BCUT2D eigenvalue weighted by atomic mass is 10.0. The number of hydrogen-bond donors (Lipinski definition) is 4. The van der Waals surface area contributed by atoms with E-state index in [0.29, 0.717) is 5.69 Å². The van der Waals surface area contributed by atoms with Gasteiger partial charge >= 0.3 is 0 Å². The van der Waals surface area contributed by atoms with Crippen LogP contribution in [0.3, 0.4) is 0 Å². The molecular weight excluding hydrogens is 350 g/mol. The van der Waals surface area contributed by atoms with Gasteiger partial charge in [0.15, 0.2) is 0 Å². The number of Topliss-reactive ketones (excluding diaryl/α,β-unsaturated/α-hetero) is 1. The molecule has 3 amide bonds. The molecular formula is C19H27N3O5. The number of nitrogens with one attached hydrogen (secondary N) is 3. The summed E-state index contributed by atoms with van der Waals surface area (Å²) in [6, 6.07) is 5.87. The molecule has 0 aliphatic rings. The molecule has 8 heteroatoms. The van der Waals surface area contributed by atoms with Gasteiger partial charge in [0.05, 0.1) is 13.2 Å². The number of benzene rings is 1. The third kappa shape index (κ3) is 8.46. The zero-order valence-corrected chi connectivity index (χ0v) is 15.9. The van der Waals surface area contributed by atoms with E-state index in [-0.39, 0.29) is 43.6 Å². The average Bonchev–Trinajstić information content (AvgIpc) is 2.62. The molecule has 0 saturated carbocycles. The number of aliphatic hydroxyl groups excluding tert-OH is 1. The molecule has 0 aliphatic carbocycles. The SMILES string of the molecule is CC(=O)CCC(=O)NC(C(=O)NCC(=O)Nc1ccc(CO)cc1)C(C)C. The Morgan fingerprint density at radius 2 is 1.63 bits per heavy atom. The standard InChI is InChI=1S/C19H27N3O5/c1-12(2)18(22-16(25)9-4-13(3)24)19(27)20-10-17(26)21-15-7-5-14(11-23)6-8-15/h5-8,12,18,23H,4,9-11H2,1-3H3,(H,20,27)(H,21,26)(H,22,25). The van der Waals surface area contributed by atoms with E-state index >= 15 is 0 Å². The number of rotatable bonds is 10. The number of aliphatic hydroxyl groups is 1. The van der Waals surface area contributed by atoms with Gasteiger partial charge in [0.25, 0.3) is 0 Å². The number of carbonyl (C=O) groups is 4. The highest BCUT2D eigenvalue weighted by atomic mass is 16.3. The Hall–Kier alpha value is -2.74. The summed E-state index contributed by atoms with van der Waals surface area (Å²) in [5.41, 5.74) is 1.27. The van der Waals surface area contributed by atoms with E-state index in [4.69, 9.17) is 5.11 Å². The van der Waals surface area contributed by atoms with Gasteiger partial charge in [0.1, 0.15) is 11.8 Å². The predicted molar refractivity (Wildman–Crippen MR) is 101 cm³/mol. The number of hydrogen-bond acceptors (Lipinski definition) is 5. The third-order valence-corrected chi connectivity index (χ3v) is 3.81. The van der Waals surface area contributed by atoms with E-state index in [9.17, 15) is 19.2 Å². The predicted octanol–water partition coefficient (Wildman–Crippen LogP) is 0.744. The Morgan fingerprint density at radius 3 is 2.15 bits per heavy atom. The zero-order valence-electron chi connectivity index (χ0n) is 15.9. The van der Waals surface area contributed by atoms with Crippen LogP contribution in [-0.2, 0) is 25.8 Å². The van der Waals surface area contributed by atoms with E-state index in [1.165, 1.54) is 6.92 Å². The zero-order chi connectivity index (χ0) is 20.4. The fourth-order valence-corrected chi connectivity index (χ4v) is 2.25. The van der Waals surface area contributed by atoms with Gasteiger partial charge in [-0.25, -0.2) is 0 Å². The topological polar surface area (TPSA) is 125 Å². The summed E-state index contributed by atoms with van der Waals surface area (Å²) in [5.74, 6) is -1.54. The summed E-state index contributed by atoms with van der Waals surface area (Å²) in [6.07, 6.45) is 0.145. The van der Waals surface area contributed by atoms with Crippen LogP contribution in [0, 0.1) is 5.92 Å². The Bertz CT molecular complexity index is 670. The number of amides is 3. The molecule has 1 atom stereocenters. The van der Waals surface area contributed by atoms with Crippen LogP contribution < -0.4 is 16.0 Å². The summed E-state index contributed by atoms with van der Waals surface area (Å²) < 4.78 is 0. The Morgan fingerprint density at radius 1 is 1.00 bits per heavy atom. The van der Waals surface area contributed by atoms with Crippen LogP contribution in [0.25, 0.3) is 0 Å². The van der Waals surface area contributed by atoms with Crippen molar-refractivity contribution in [1.82, 2.24) is 10.6 Å². The van der Waals surface area contributed by atoms with Crippen LogP contribution in [-0.4, -0.2) is 41.2 Å². The van der Waals surface area contributed by atoms with Gasteiger partial charge < -0.3 is 25.9 Å². The minimum atomic E-state index is -0.791. The van der Waals surface area contributed by atoms with E-state index in [2.05, 4.69) is 16.0 Å². The van der Waals surface area contributed by atoms with Crippen LogP contribution >= 0.6 is 0 Å². The largest absolute Gasteiger partial charge is 0.392 e. The fourth-order valence-electron chi connectivity index (χ4n) is 2.25. The molecule has 1 aromatic carbocycles. The molecule has 0 radical (unpaired) electrons. The average molecular weight is 377 g/mol. The van der Waals surface area contributed by atoms with Gasteiger partial charge in [0.2, 0.25) is 17.7 Å². The molecule has 0 spiro atoms. The maximum absolute atomic E-state index is 12.3. The highest BCUT2D eigenvalue weighted by Gasteiger charge is 2.24. The molecule has 27 heavy (non-hydrogen) atoms.